The monoisotopic (exact) mass is 313 g/mol. The summed E-state index contributed by atoms with van der Waals surface area (Å²) in [6.45, 7) is 0.106. The highest BCUT2D eigenvalue weighted by atomic mass is 16.4. The van der Waals surface area contributed by atoms with E-state index in [4.69, 9.17) is 5.11 Å². The van der Waals surface area contributed by atoms with E-state index in [-0.39, 0.29) is 42.0 Å². The van der Waals surface area contributed by atoms with Crippen molar-refractivity contribution in [2.45, 2.75) is 25.4 Å². The zero-order valence-electron chi connectivity index (χ0n) is 11.8. The van der Waals surface area contributed by atoms with Crippen LogP contribution in [0.4, 0.5) is 0 Å². The minimum absolute atomic E-state index is 0.0251. The fourth-order valence-electron chi connectivity index (χ4n) is 2.95. The number of rotatable bonds is 2. The number of nitrogens with zero attached hydrogens (tertiary/aromatic N) is 2. The van der Waals surface area contributed by atoms with Gasteiger partial charge in [-0.1, -0.05) is 6.07 Å². The number of piperidine rings is 1. The molecule has 0 spiro atoms. The Balaban J connectivity index is 2.00. The van der Waals surface area contributed by atoms with Crippen LogP contribution in [0.25, 0.3) is 0 Å². The molecule has 0 saturated carbocycles. The molecule has 2 aliphatic rings. The highest BCUT2D eigenvalue weighted by Crippen LogP contribution is 2.31. The van der Waals surface area contributed by atoms with Crippen LogP contribution in [0.1, 0.15) is 44.7 Å². The summed E-state index contributed by atoms with van der Waals surface area (Å²) in [5, 5.41) is 20.5. The summed E-state index contributed by atoms with van der Waals surface area (Å²) in [6, 6.07) is 3.72. The number of carboxylic acid groups (broad SMARTS) is 1. The normalized spacial score (nSPS) is 20.0. The summed E-state index contributed by atoms with van der Waals surface area (Å²) in [5.74, 6) is -2.80. The van der Waals surface area contributed by atoms with Crippen LogP contribution in [0.15, 0.2) is 12.1 Å². The molecule has 8 heteroatoms. The van der Waals surface area contributed by atoms with Crippen molar-refractivity contribution in [3.63, 3.8) is 0 Å². The van der Waals surface area contributed by atoms with Gasteiger partial charge in [0.1, 0.15) is 12.1 Å². The Hall–Kier alpha value is -3.21. The second-order valence-corrected chi connectivity index (χ2v) is 5.34. The van der Waals surface area contributed by atoms with Crippen LogP contribution in [0, 0.1) is 11.3 Å². The first kappa shape index (κ1) is 14.7. The molecule has 1 aromatic rings. The van der Waals surface area contributed by atoms with E-state index >= 15 is 0 Å². The Morgan fingerprint density at radius 2 is 2.09 bits per heavy atom. The maximum Gasteiger partial charge on any atom is 0.337 e. The van der Waals surface area contributed by atoms with Crippen molar-refractivity contribution < 1.29 is 24.3 Å². The molecule has 0 bridgehead atoms. The lowest BCUT2D eigenvalue weighted by atomic mass is 9.98. The van der Waals surface area contributed by atoms with Gasteiger partial charge in [0.2, 0.25) is 11.8 Å². The van der Waals surface area contributed by atoms with Crippen molar-refractivity contribution in [1.29, 1.82) is 5.26 Å². The highest BCUT2D eigenvalue weighted by molar-refractivity contribution is 6.08. The van der Waals surface area contributed by atoms with Crippen molar-refractivity contribution in [1.82, 2.24) is 10.2 Å². The molecule has 1 saturated heterocycles. The van der Waals surface area contributed by atoms with Gasteiger partial charge in [0.05, 0.1) is 16.7 Å². The van der Waals surface area contributed by atoms with Crippen LogP contribution in [-0.2, 0) is 16.1 Å². The first-order valence-electron chi connectivity index (χ1n) is 6.88. The number of benzene rings is 1. The Labute approximate surface area is 130 Å². The molecule has 1 unspecified atom stereocenters. The molecule has 2 heterocycles. The van der Waals surface area contributed by atoms with E-state index in [0.29, 0.717) is 5.56 Å². The summed E-state index contributed by atoms with van der Waals surface area (Å²) in [7, 11) is 0. The number of amides is 3. The first-order valence-corrected chi connectivity index (χ1v) is 6.88. The van der Waals surface area contributed by atoms with Gasteiger partial charge in [0, 0.05) is 13.0 Å². The maximum atomic E-state index is 12.6. The fourth-order valence-corrected chi connectivity index (χ4v) is 2.95. The number of nitriles is 1. The van der Waals surface area contributed by atoms with E-state index < -0.39 is 23.8 Å². The largest absolute Gasteiger partial charge is 0.478 e. The van der Waals surface area contributed by atoms with Crippen molar-refractivity contribution in [3.8, 4) is 6.07 Å². The minimum Gasteiger partial charge on any atom is -0.478 e. The summed E-state index contributed by atoms with van der Waals surface area (Å²) < 4.78 is 0. The first-order chi connectivity index (χ1) is 10.9. The number of aromatic carboxylic acids is 1. The van der Waals surface area contributed by atoms with Gasteiger partial charge >= 0.3 is 5.97 Å². The lowest BCUT2D eigenvalue weighted by Gasteiger charge is -2.29. The van der Waals surface area contributed by atoms with E-state index in [1.54, 1.807) is 6.07 Å². The number of nitrogens with one attached hydrogen (secondary N) is 1. The van der Waals surface area contributed by atoms with Crippen LogP contribution in [0.2, 0.25) is 0 Å². The summed E-state index contributed by atoms with van der Waals surface area (Å²) >= 11 is 0. The number of fused-ring (bicyclic) bond motifs is 1. The lowest BCUT2D eigenvalue weighted by Crippen LogP contribution is -2.52. The summed E-state index contributed by atoms with van der Waals surface area (Å²) in [4.78, 5) is 48.2. The molecule has 116 valence electrons. The molecule has 1 aromatic carbocycles. The Morgan fingerprint density at radius 3 is 2.70 bits per heavy atom. The van der Waals surface area contributed by atoms with Gasteiger partial charge in [-0.25, -0.2) is 4.79 Å². The number of hydrogen-bond donors (Lipinski definition) is 2. The van der Waals surface area contributed by atoms with Gasteiger partial charge in [0.15, 0.2) is 0 Å². The van der Waals surface area contributed by atoms with Gasteiger partial charge in [-0.05, 0) is 18.1 Å². The predicted octanol–water partition coefficient (Wildman–Crippen LogP) is 0.0175. The summed E-state index contributed by atoms with van der Waals surface area (Å²) in [6.07, 6.45) is 0.333. The van der Waals surface area contributed by atoms with Crippen LogP contribution < -0.4 is 5.32 Å². The van der Waals surface area contributed by atoms with Gasteiger partial charge in [-0.15, -0.1) is 0 Å². The van der Waals surface area contributed by atoms with Crippen LogP contribution >= 0.6 is 0 Å². The second-order valence-electron chi connectivity index (χ2n) is 5.34. The van der Waals surface area contributed by atoms with E-state index in [0.717, 1.165) is 0 Å². The number of hydrogen-bond acceptors (Lipinski definition) is 5. The molecule has 1 fully saturated rings. The molecule has 3 rings (SSSR count). The fraction of sp³-hybridized carbons (Fsp3) is 0.267. The molecule has 2 N–H and O–H groups in total. The summed E-state index contributed by atoms with van der Waals surface area (Å²) in [5.41, 5.74) is 0.0814. The average molecular weight is 313 g/mol. The molecule has 2 aliphatic heterocycles. The number of carbonyl (C=O) groups is 4. The zero-order valence-corrected chi connectivity index (χ0v) is 11.8. The Bertz CT molecular complexity index is 808. The highest BCUT2D eigenvalue weighted by Gasteiger charge is 2.40. The third-order valence-corrected chi connectivity index (χ3v) is 4.04. The lowest BCUT2D eigenvalue weighted by molar-refractivity contribution is -0.136. The van der Waals surface area contributed by atoms with Gasteiger partial charge in [-0.3, -0.25) is 19.7 Å². The van der Waals surface area contributed by atoms with Crippen LogP contribution in [0.3, 0.4) is 0 Å². The third kappa shape index (κ3) is 2.23. The SMILES string of the molecule is N#Cc1c(C(=O)O)ccc2c1C(=O)N(C1CCC(=O)NC1=O)C2. The number of imide groups is 1. The second kappa shape index (κ2) is 5.21. The molecule has 3 amide bonds. The standard InChI is InChI=1S/C15H11N3O5/c16-5-9-8(15(22)23)2-1-7-6-18(14(21)12(7)9)10-3-4-11(19)17-13(10)20/h1-2,10H,3-4,6H2,(H,22,23)(H,17,19,20). The van der Waals surface area contributed by atoms with Crippen molar-refractivity contribution >= 4 is 23.7 Å². The minimum atomic E-state index is -1.29. The van der Waals surface area contributed by atoms with Crippen molar-refractivity contribution in [2.75, 3.05) is 0 Å². The van der Waals surface area contributed by atoms with Gasteiger partial charge in [-0.2, -0.15) is 5.26 Å². The van der Waals surface area contributed by atoms with Crippen LogP contribution in [0.5, 0.6) is 0 Å². The zero-order chi connectivity index (χ0) is 16.7. The molecule has 1 atom stereocenters. The average Bonchev–Trinajstić information content (AvgIpc) is 2.83. The van der Waals surface area contributed by atoms with Crippen molar-refractivity contribution in [2.24, 2.45) is 0 Å². The quantitative estimate of drug-likeness (QED) is 0.741. The molecule has 0 radical (unpaired) electrons. The smallest absolute Gasteiger partial charge is 0.337 e. The van der Waals surface area contributed by atoms with E-state index in [1.165, 1.54) is 17.0 Å². The molecular formula is C15H11N3O5. The molecule has 23 heavy (non-hydrogen) atoms. The van der Waals surface area contributed by atoms with Crippen molar-refractivity contribution in [3.05, 3.63) is 34.4 Å². The van der Waals surface area contributed by atoms with E-state index in [9.17, 15) is 24.4 Å². The van der Waals surface area contributed by atoms with Gasteiger partial charge in [0.25, 0.3) is 5.91 Å². The molecular weight excluding hydrogens is 302 g/mol. The van der Waals surface area contributed by atoms with E-state index in [1.807, 2.05) is 0 Å². The third-order valence-electron chi connectivity index (χ3n) is 4.04. The number of carboxylic acids is 1. The Morgan fingerprint density at radius 1 is 1.35 bits per heavy atom. The topological polar surface area (TPSA) is 128 Å². The molecule has 8 nitrogen and oxygen atoms in total. The van der Waals surface area contributed by atoms with Gasteiger partial charge < -0.3 is 10.0 Å². The Kier molecular flexibility index (Phi) is 3.33. The predicted molar refractivity (Wildman–Crippen MR) is 74.2 cm³/mol. The maximum absolute atomic E-state index is 12.6. The van der Waals surface area contributed by atoms with E-state index in [2.05, 4.69) is 5.32 Å². The molecule has 0 aliphatic carbocycles. The van der Waals surface area contributed by atoms with Crippen LogP contribution in [-0.4, -0.2) is 39.7 Å². The number of carbonyl (C=O) groups excluding carboxylic acids is 3. The molecule has 0 aromatic heterocycles.